The summed E-state index contributed by atoms with van der Waals surface area (Å²) in [4.78, 5) is 16.6. The lowest BCUT2D eigenvalue weighted by atomic mass is 9.82. The summed E-state index contributed by atoms with van der Waals surface area (Å²) in [6.45, 7) is 6.89. The van der Waals surface area contributed by atoms with E-state index < -0.39 is 5.97 Å². The summed E-state index contributed by atoms with van der Waals surface area (Å²) in [7, 11) is 0. The van der Waals surface area contributed by atoms with Crippen LogP contribution < -0.4 is 4.31 Å². The summed E-state index contributed by atoms with van der Waals surface area (Å²) in [6, 6.07) is 9.80. The SMILES string of the molecule is CSN1Cc2cc(C)cnc2-c2c(C)c(-c3ccc(Cl)cc3)c(CC(=O)O)c(C)c21. The van der Waals surface area contributed by atoms with Crippen LogP contribution in [-0.4, -0.2) is 22.3 Å². The number of carboxylic acid groups (broad SMARTS) is 1. The van der Waals surface area contributed by atoms with Gasteiger partial charge in [-0.25, -0.2) is 0 Å². The van der Waals surface area contributed by atoms with Gasteiger partial charge >= 0.3 is 5.97 Å². The number of benzene rings is 2. The number of aryl methyl sites for hydroxylation is 1. The molecule has 0 atom stereocenters. The zero-order valence-corrected chi connectivity index (χ0v) is 19.0. The van der Waals surface area contributed by atoms with Gasteiger partial charge in [-0.3, -0.25) is 9.78 Å². The third-order valence-electron chi connectivity index (χ3n) is 5.68. The van der Waals surface area contributed by atoms with Gasteiger partial charge in [0.2, 0.25) is 0 Å². The standard InChI is InChI=1S/C24H23ClN2O2S/c1-13-9-17-12-27(30-4)24-14(2)19(10-20(28)29)21(16-5-7-18(25)8-6-16)15(3)22(24)23(17)26-11-13/h5-9,11H,10,12H2,1-4H3,(H,28,29). The molecule has 0 amide bonds. The maximum absolute atomic E-state index is 11.8. The lowest BCUT2D eigenvalue weighted by Gasteiger charge is -2.35. The van der Waals surface area contributed by atoms with Crippen molar-refractivity contribution in [2.24, 2.45) is 0 Å². The smallest absolute Gasteiger partial charge is 0.307 e. The number of hydrogen-bond acceptors (Lipinski definition) is 4. The maximum atomic E-state index is 11.8. The molecular weight excluding hydrogens is 416 g/mol. The lowest BCUT2D eigenvalue weighted by Crippen LogP contribution is -2.23. The number of rotatable bonds is 4. The van der Waals surface area contributed by atoms with Gasteiger partial charge in [-0.15, -0.1) is 0 Å². The molecule has 0 unspecified atom stereocenters. The number of pyridine rings is 1. The summed E-state index contributed by atoms with van der Waals surface area (Å²) in [5.41, 5.74) is 10.3. The number of aromatic nitrogens is 1. The van der Waals surface area contributed by atoms with Crippen molar-refractivity contribution in [1.29, 1.82) is 0 Å². The highest BCUT2D eigenvalue weighted by atomic mass is 35.5. The predicted octanol–water partition coefficient (Wildman–Crippen LogP) is 6.22. The van der Waals surface area contributed by atoms with Gasteiger partial charge in [0.05, 0.1) is 24.3 Å². The van der Waals surface area contributed by atoms with Crippen molar-refractivity contribution in [3.63, 3.8) is 0 Å². The number of anilines is 1. The molecule has 3 aromatic rings. The van der Waals surface area contributed by atoms with E-state index in [1.807, 2.05) is 37.4 Å². The number of carbonyl (C=O) groups is 1. The molecule has 2 heterocycles. The van der Waals surface area contributed by atoms with E-state index in [2.05, 4.69) is 30.5 Å². The molecule has 0 radical (unpaired) electrons. The molecule has 0 saturated heterocycles. The van der Waals surface area contributed by atoms with Crippen LogP contribution in [0.3, 0.4) is 0 Å². The monoisotopic (exact) mass is 438 g/mol. The minimum Gasteiger partial charge on any atom is -0.481 e. The molecule has 1 N–H and O–H groups in total. The van der Waals surface area contributed by atoms with Crippen LogP contribution in [0.2, 0.25) is 5.02 Å². The normalized spacial score (nSPS) is 12.5. The van der Waals surface area contributed by atoms with Crippen molar-refractivity contribution in [2.45, 2.75) is 33.7 Å². The van der Waals surface area contributed by atoms with Gasteiger partial charge in [0.15, 0.2) is 0 Å². The Morgan fingerprint density at radius 3 is 2.50 bits per heavy atom. The average Bonchev–Trinajstić information content (AvgIpc) is 2.71. The molecule has 154 valence electrons. The van der Waals surface area contributed by atoms with Gasteiger partial charge in [0.25, 0.3) is 0 Å². The molecule has 1 aromatic heterocycles. The number of fused-ring (bicyclic) bond motifs is 3. The van der Waals surface area contributed by atoms with Crippen molar-refractivity contribution >= 4 is 35.2 Å². The van der Waals surface area contributed by atoms with Crippen LogP contribution >= 0.6 is 23.5 Å². The minimum atomic E-state index is -0.840. The molecule has 0 aliphatic carbocycles. The van der Waals surface area contributed by atoms with Crippen molar-refractivity contribution in [3.05, 3.63) is 69.4 Å². The highest BCUT2D eigenvalue weighted by Crippen LogP contribution is 2.49. The van der Waals surface area contributed by atoms with E-state index in [0.717, 1.165) is 56.9 Å². The summed E-state index contributed by atoms with van der Waals surface area (Å²) in [5, 5.41) is 10.3. The Bertz CT molecular complexity index is 1160. The second-order valence-electron chi connectivity index (χ2n) is 7.64. The summed E-state index contributed by atoms with van der Waals surface area (Å²) in [6.07, 6.45) is 3.92. The summed E-state index contributed by atoms with van der Waals surface area (Å²) < 4.78 is 2.25. The molecule has 4 nitrogen and oxygen atoms in total. The van der Waals surface area contributed by atoms with Crippen LogP contribution in [0.15, 0.2) is 36.5 Å². The van der Waals surface area contributed by atoms with E-state index in [4.69, 9.17) is 16.6 Å². The van der Waals surface area contributed by atoms with Crippen LogP contribution in [0.25, 0.3) is 22.4 Å². The van der Waals surface area contributed by atoms with E-state index in [0.29, 0.717) is 5.02 Å². The zero-order valence-electron chi connectivity index (χ0n) is 17.4. The second kappa shape index (κ2) is 7.97. The first kappa shape index (κ1) is 20.8. The molecule has 0 spiro atoms. The average molecular weight is 439 g/mol. The highest BCUT2D eigenvalue weighted by Gasteiger charge is 2.31. The first-order chi connectivity index (χ1) is 14.3. The fraction of sp³-hybridized carbons (Fsp3) is 0.250. The minimum absolute atomic E-state index is 0.0334. The fourth-order valence-electron chi connectivity index (χ4n) is 4.39. The van der Waals surface area contributed by atoms with Crippen molar-refractivity contribution in [2.75, 3.05) is 10.6 Å². The molecule has 6 heteroatoms. The van der Waals surface area contributed by atoms with Crippen LogP contribution in [0, 0.1) is 20.8 Å². The van der Waals surface area contributed by atoms with Gasteiger partial charge in [-0.05, 0) is 71.8 Å². The van der Waals surface area contributed by atoms with E-state index in [1.54, 1.807) is 11.9 Å². The third-order valence-corrected chi connectivity index (χ3v) is 6.69. The van der Waals surface area contributed by atoms with Gasteiger partial charge in [0.1, 0.15) is 0 Å². The van der Waals surface area contributed by atoms with Gasteiger partial charge < -0.3 is 9.41 Å². The number of aliphatic carboxylic acids is 1. The molecule has 0 fully saturated rings. The van der Waals surface area contributed by atoms with E-state index in [9.17, 15) is 9.90 Å². The molecule has 0 saturated carbocycles. The Labute approximate surface area is 186 Å². The second-order valence-corrected chi connectivity index (χ2v) is 8.89. The number of nitrogens with zero attached hydrogens (tertiary/aromatic N) is 2. The first-order valence-corrected chi connectivity index (χ1v) is 11.3. The topological polar surface area (TPSA) is 53.4 Å². The molecule has 4 rings (SSSR count). The summed E-state index contributed by atoms with van der Waals surface area (Å²) >= 11 is 7.77. The van der Waals surface area contributed by atoms with Crippen molar-refractivity contribution in [3.8, 4) is 22.4 Å². The maximum Gasteiger partial charge on any atom is 0.307 e. The first-order valence-electron chi connectivity index (χ1n) is 9.73. The number of carboxylic acids is 1. The largest absolute Gasteiger partial charge is 0.481 e. The van der Waals surface area contributed by atoms with E-state index >= 15 is 0 Å². The fourth-order valence-corrected chi connectivity index (χ4v) is 5.20. The number of halogens is 1. The Morgan fingerprint density at radius 1 is 1.17 bits per heavy atom. The number of hydrogen-bond donors (Lipinski definition) is 1. The quantitative estimate of drug-likeness (QED) is 0.490. The van der Waals surface area contributed by atoms with E-state index in [1.165, 1.54) is 5.56 Å². The van der Waals surface area contributed by atoms with Crippen molar-refractivity contribution in [1.82, 2.24) is 4.98 Å². The van der Waals surface area contributed by atoms with Crippen molar-refractivity contribution < 1.29 is 9.90 Å². The van der Waals surface area contributed by atoms with Crippen LogP contribution in [0.5, 0.6) is 0 Å². The Balaban J connectivity index is 2.11. The molecule has 1 aliphatic heterocycles. The molecule has 30 heavy (non-hydrogen) atoms. The zero-order chi connectivity index (χ0) is 21.6. The van der Waals surface area contributed by atoms with Crippen LogP contribution in [-0.2, 0) is 17.8 Å². The summed E-state index contributed by atoms with van der Waals surface area (Å²) in [5.74, 6) is -0.840. The Hall–Kier alpha value is -2.50. The Kier molecular flexibility index (Phi) is 5.51. The highest BCUT2D eigenvalue weighted by molar-refractivity contribution is 7.99. The molecule has 0 bridgehead atoms. The Morgan fingerprint density at radius 2 is 1.87 bits per heavy atom. The molecule has 1 aliphatic rings. The van der Waals surface area contributed by atoms with Gasteiger partial charge in [-0.2, -0.15) is 0 Å². The van der Waals surface area contributed by atoms with Gasteiger partial charge in [-0.1, -0.05) is 41.7 Å². The van der Waals surface area contributed by atoms with Crippen LogP contribution in [0.4, 0.5) is 5.69 Å². The van der Waals surface area contributed by atoms with Crippen LogP contribution in [0.1, 0.15) is 27.8 Å². The lowest BCUT2D eigenvalue weighted by molar-refractivity contribution is -0.136. The molecular formula is C24H23ClN2O2S. The molecule has 2 aromatic carbocycles. The third kappa shape index (κ3) is 3.46. The van der Waals surface area contributed by atoms with Gasteiger partial charge in [0, 0.05) is 23.0 Å². The predicted molar refractivity (Wildman–Crippen MR) is 125 cm³/mol. The van der Waals surface area contributed by atoms with E-state index in [-0.39, 0.29) is 6.42 Å².